The largest absolute Gasteiger partial charge is 0.355 e. The minimum absolute atomic E-state index is 0.180. The Morgan fingerprint density at radius 3 is 2.56 bits per heavy atom. The molecule has 0 aromatic rings. The highest BCUT2D eigenvalue weighted by molar-refractivity contribution is 7.99. The summed E-state index contributed by atoms with van der Waals surface area (Å²) in [7, 11) is 0. The van der Waals surface area contributed by atoms with E-state index < -0.39 is 0 Å². The van der Waals surface area contributed by atoms with Crippen molar-refractivity contribution in [3.63, 3.8) is 0 Å². The van der Waals surface area contributed by atoms with Crippen molar-refractivity contribution in [1.29, 1.82) is 0 Å². The number of unbranched alkanes of at least 4 members (excludes halogenated alkanes) is 1. The molecular formula is C14H30N2OS. The molecule has 4 heteroatoms. The highest BCUT2D eigenvalue weighted by Gasteiger charge is 2.02. The lowest BCUT2D eigenvalue weighted by atomic mass is 10.1. The van der Waals surface area contributed by atoms with Crippen LogP contribution in [0.4, 0.5) is 0 Å². The SMILES string of the molecule is CCCNC(=O)CSCCCCC(C)NCCC. The van der Waals surface area contributed by atoms with E-state index in [1.165, 1.54) is 25.7 Å². The van der Waals surface area contributed by atoms with E-state index in [2.05, 4.69) is 31.4 Å². The van der Waals surface area contributed by atoms with Crippen LogP contribution in [0.2, 0.25) is 0 Å². The fraction of sp³-hybridized carbons (Fsp3) is 0.929. The van der Waals surface area contributed by atoms with Crippen molar-refractivity contribution >= 4 is 17.7 Å². The Balaban J connectivity index is 3.22. The third-order valence-corrected chi connectivity index (χ3v) is 3.77. The summed E-state index contributed by atoms with van der Waals surface area (Å²) in [5, 5.41) is 6.39. The molecule has 0 fully saturated rings. The molecule has 0 spiro atoms. The average Bonchev–Trinajstić information content (AvgIpc) is 2.37. The van der Waals surface area contributed by atoms with Gasteiger partial charge in [0.1, 0.15) is 0 Å². The summed E-state index contributed by atoms with van der Waals surface area (Å²) in [6.07, 6.45) is 5.92. The normalized spacial score (nSPS) is 12.4. The molecule has 0 saturated heterocycles. The predicted molar refractivity (Wildman–Crippen MR) is 82.2 cm³/mol. The van der Waals surface area contributed by atoms with Gasteiger partial charge in [0.05, 0.1) is 5.75 Å². The van der Waals surface area contributed by atoms with E-state index in [0.29, 0.717) is 11.8 Å². The Bertz CT molecular complexity index is 200. The zero-order valence-electron chi connectivity index (χ0n) is 12.3. The molecule has 0 aliphatic heterocycles. The molecule has 3 nitrogen and oxygen atoms in total. The Kier molecular flexibility index (Phi) is 13.1. The van der Waals surface area contributed by atoms with Crippen LogP contribution in [0.5, 0.6) is 0 Å². The zero-order valence-corrected chi connectivity index (χ0v) is 13.1. The van der Waals surface area contributed by atoms with E-state index in [0.717, 1.165) is 25.3 Å². The third kappa shape index (κ3) is 12.2. The summed E-state index contributed by atoms with van der Waals surface area (Å²) in [6, 6.07) is 0.628. The molecule has 0 bridgehead atoms. The summed E-state index contributed by atoms with van der Waals surface area (Å²) >= 11 is 1.75. The van der Waals surface area contributed by atoms with Gasteiger partial charge in [0.25, 0.3) is 0 Å². The number of hydrogen-bond acceptors (Lipinski definition) is 3. The number of thioether (sulfide) groups is 1. The Labute approximate surface area is 117 Å². The van der Waals surface area contributed by atoms with Crippen molar-refractivity contribution in [2.75, 3.05) is 24.6 Å². The second kappa shape index (κ2) is 13.2. The zero-order chi connectivity index (χ0) is 13.6. The van der Waals surface area contributed by atoms with Crippen molar-refractivity contribution in [3.05, 3.63) is 0 Å². The monoisotopic (exact) mass is 274 g/mol. The van der Waals surface area contributed by atoms with Crippen LogP contribution >= 0.6 is 11.8 Å². The summed E-state index contributed by atoms with van der Waals surface area (Å²) in [6.45, 7) is 8.44. The van der Waals surface area contributed by atoms with Gasteiger partial charge in [-0.05, 0) is 44.9 Å². The Hall–Kier alpha value is -0.220. The molecule has 0 radical (unpaired) electrons. The van der Waals surface area contributed by atoms with Crippen LogP contribution in [-0.2, 0) is 4.79 Å². The lowest BCUT2D eigenvalue weighted by Gasteiger charge is -2.12. The fourth-order valence-corrected chi connectivity index (χ4v) is 2.47. The van der Waals surface area contributed by atoms with Gasteiger partial charge in [-0.2, -0.15) is 11.8 Å². The smallest absolute Gasteiger partial charge is 0.229 e. The first-order valence-corrected chi connectivity index (χ1v) is 8.44. The first kappa shape index (κ1) is 17.8. The van der Waals surface area contributed by atoms with Crippen molar-refractivity contribution in [2.24, 2.45) is 0 Å². The van der Waals surface area contributed by atoms with Gasteiger partial charge in [-0.1, -0.05) is 20.3 Å². The number of carbonyl (C=O) groups is 1. The fourth-order valence-electron chi connectivity index (χ4n) is 1.63. The first-order chi connectivity index (χ1) is 8.70. The maximum absolute atomic E-state index is 11.3. The van der Waals surface area contributed by atoms with Gasteiger partial charge in [-0.15, -0.1) is 0 Å². The van der Waals surface area contributed by atoms with Gasteiger partial charge < -0.3 is 10.6 Å². The van der Waals surface area contributed by atoms with Gasteiger partial charge in [-0.25, -0.2) is 0 Å². The molecular weight excluding hydrogens is 244 g/mol. The van der Waals surface area contributed by atoms with E-state index >= 15 is 0 Å². The minimum Gasteiger partial charge on any atom is -0.355 e. The molecule has 0 heterocycles. The van der Waals surface area contributed by atoms with Crippen molar-refractivity contribution < 1.29 is 4.79 Å². The molecule has 0 aliphatic rings. The van der Waals surface area contributed by atoms with Crippen LogP contribution in [0.25, 0.3) is 0 Å². The number of rotatable bonds is 12. The molecule has 0 aromatic heterocycles. The van der Waals surface area contributed by atoms with Crippen molar-refractivity contribution in [3.8, 4) is 0 Å². The van der Waals surface area contributed by atoms with Gasteiger partial charge >= 0.3 is 0 Å². The lowest BCUT2D eigenvalue weighted by Crippen LogP contribution is -2.26. The van der Waals surface area contributed by atoms with Crippen LogP contribution in [0.1, 0.15) is 52.9 Å². The lowest BCUT2D eigenvalue weighted by molar-refractivity contribution is -0.118. The molecule has 0 aromatic carbocycles. The van der Waals surface area contributed by atoms with E-state index in [9.17, 15) is 4.79 Å². The maximum atomic E-state index is 11.3. The number of nitrogens with one attached hydrogen (secondary N) is 2. The molecule has 0 aliphatic carbocycles. The van der Waals surface area contributed by atoms with Gasteiger partial charge in [0.2, 0.25) is 5.91 Å². The average molecular weight is 274 g/mol. The Morgan fingerprint density at radius 1 is 1.17 bits per heavy atom. The van der Waals surface area contributed by atoms with Crippen LogP contribution < -0.4 is 10.6 Å². The second-order valence-corrected chi connectivity index (χ2v) is 5.86. The van der Waals surface area contributed by atoms with E-state index in [4.69, 9.17) is 0 Å². The van der Waals surface area contributed by atoms with Gasteiger partial charge in [0, 0.05) is 12.6 Å². The number of carbonyl (C=O) groups excluding carboxylic acids is 1. The molecule has 2 N–H and O–H groups in total. The van der Waals surface area contributed by atoms with Crippen LogP contribution in [-0.4, -0.2) is 36.5 Å². The molecule has 18 heavy (non-hydrogen) atoms. The van der Waals surface area contributed by atoms with E-state index in [1.807, 2.05) is 0 Å². The molecule has 108 valence electrons. The minimum atomic E-state index is 0.180. The molecule has 0 rings (SSSR count). The summed E-state index contributed by atoms with van der Waals surface area (Å²) in [5.41, 5.74) is 0. The van der Waals surface area contributed by atoms with Crippen molar-refractivity contribution in [1.82, 2.24) is 10.6 Å². The quantitative estimate of drug-likeness (QED) is 0.538. The standard InChI is InChI=1S/C14H30N2OS/c1-4-9-15-13(3)8-6-7-11-18-12-14(17)16-10-5-2/h13,15H,4-12H2,1-3H3,(H,16,17). The number of hydrogen-bond donors (Lipinski definition) is 2. The maximum Gasteiger partial charge on any atom is 0.229 e. The first-order valence-electron chi connectivity index (χ1n) is 7.28. The highest BCUT2D eigenvalue weighted by atomic mass is 32.2. The second-order valence-electron chi connectivity index (χ2n) is 4.75. The topological polar surface area (TPSA) is 41.1 Å². The van der Waals surface area contributed by atoms with E-state index in [-0.39, 0.29) is 5.91 Å². The summed E-state index contributed by atoms with van der Waals surface area (Å²) in [5.74, 6) is 1.89. The van der Waals surface area contributed by atoms with Gasteiger partial charge in [0.15, 0.2) is 0 Å². The van der Waals surface area contributed by atoms with E-state index in [1.54, 1.807) is 11.8 Å². The molecule has 1 atom stereocenters. The molecule has 1 unspecified atom stereocenters. The molecule has 1 amide bonds. The van der Waals surface area contributed by atoms with Crippen LogP contribution in [0, 0.1) is 0 Å². The highest BCUT2D eigenvalue weighted by Crippen LogP contribution is 2.07. The predicted octanol–water partition coefficient (Wildman–Crippen LogP) is 2.80. The summed E-state index contributed by atoms with van der Waals surface area (Å²) < 4.78 is 0. The third-order valence-electron chi connectivity index (χ3n) is 2.72. The molecule has 0 saturated carbocycles. The van der Waals surface area contributed by atoms with Gasteiger partial charge in [-0.3, -0.25) is 4.79 Å². The summed E-state index contributed by atoms with van der Waals surface area (Å²) in [4.78, 5) is 11.3. The van der Waals surface area contributed by atoms with Crippen LogP contribution in [0.3, 0.4) is 0 Å². The van der Waals surface area contributed by atoms with Crippen LogP contribution in [0.15, 0.2) is 0 Å². The Morgan fingerprint density at radius 2 is 1.89 bits per heavy atom. The number of amides is 1. The van der Waals surface area contributed by atoms with Crippen molar-refractivity contribution in [2.45, 2.75) is 58.9 Å².